The Hall–Kier alpha value is -6.85. The van der Waals surface area contributed by atoms with Gasteiger partial charge in [0.2, 0.25) is 0 Å². The summed E-state index contributed by atoms with van der Waals surface area (Å²) in [4.78, 5) is 15.5. The quantitative estimate of drug-likeness (QED) is 0.192. The lowest BCUT2D eigenvalue weighted by molar-refractivity contribution is 1.02. The Labute approximate surface area is 290 Å². The van der Waals surface area contributed by atoms with Gasteiger partial charge in [-0.25, -0.2) is 9.97 Å². The molecule has 0 saturated heterocycles. The highest BCUT2D eigenvalue weighted by Gasteiger charge is 2.16. The largest absolute Gasteiger partial charge is 0.295 e. The van der Waals surface area contributed by atoms with Crippen molar-refractivity contribution in [1.29, 1.82) is 0 Å². The molecule has 0 unspecified atom stereocenters. The van der Waals surface area contributed by atoms with Crippen molar-refractivity contribution in [3.63, 3.8) is 0 Å². The molecule has 2 aliphatic heterocycles. The average Bonchev–Trinajstić information content (AvgIpc) is 3.85. The molecule has 2 aliphatic rings. The van der Waals surface area contributed by atoms with Gasteiger partial charge in [-0.05, 0) is 83.3 Å². The van der Waals surface area contributed by atoms with Crippen LogP contribution in [-0.2, 0) is 0 Å². The lowest BCUT2D eigenvalue weighted by atomic mass is 10.0. The first-order chi connectivity index (χ1) is 24.8. The van der Waals surface area contributed by atoms with Crippen LogP contribution >= 0.6 is 0 Å². The van der Waals surface area contributed by atoms with E-state index >= 15 is 0 Å². The van der Waals surface area contributed by atoms with Crippen LogP contribution in [0, 0.1) is 0 Å². The predicted octanol–water partition coefficient (Wildman–Crippen LogP) is 10.9. The fourth-order valence-corrected chi connectivity index (χ4v) is 6.83. The van der Waals surface area contributed by atoms with Gasteiger partial charge in [-0.3, -0.25) is 14.1 Å². The van der Waals surface area contributed by atoms with E-state index in [-0.39, 0.29) is 0 Å². The van der Waals surface area contributed by atoms with Gasteiger partial charge < -0.3 is 0 Å². The Balaban J connectivity index is 1.52. The number of hydrogen-bond acceptors (Lipinski definition) is 3. The number of para-hydroxylation sites is 2. The molecule has 0 fully saturated rings. The van der Waals surface area contributed by atoms with Gasteiger partial charge in [0, 0.05) is 39.6 Å². The molecule has 5 nitrogen and oxygen atoms in total. The summed E-state index contributed by atoms with van der Waals surface area (Å²) in [6.45, 7) is 0. The highest BCUT2D eigenvalue weighted by molar-refractivity contribution is 5.94. The molecule has 4 heterocycles. The highest BCUT2D eigenvalue weighted by atomic mass is 15.1. The molecule has 0 amide bonds. The van der Waals surface area contributed by atoms with Gasteiger partial charge >= 0.3 is 0 Å². The summed E-state index contributed by atoms with van der Waals surface area (Å²) < 4.78 is 4.40. The molecule has 2 aromatic heterocycles. The summed E-state index contributed by atoms with van der Waals surface area (Å²) in [5.74, 6) is 1.64. The van der Waals surface area contributed by atoms with Crippen molar-refractivity contribution in [3.05, 3.63) is 187 Å². The van der Waals surface area contributed by atoms with Crippen molar-refractivity contribution in [2.24, 2.45) is 0 Å². The average molecular weight is 642 g/mol. The summed E-state index contributed by atoms with van der Waals surface area (Å²) in [5, 5.41) is 2.02. The van der Waals surface area contributed by atoms with Crippen molar-refractivity contribution >= 4 is 46.1 Å². The van der Waals surface area contributed by atoms with E-state index in [9.17, 15) is 0 Å². The van der Waals surface area contributed by atoms with E-state index in [2.05, 4.69) is 161 Å². The summed E-state index contributed by atoms with van der Waals surface area (Å²) in [6, 6.07) is 52.6. The van der Waals surface area contributed by atoms with Crippen LogP contribution in [0.4, 0.5) is 0 Å². The van der Waals surface area contributed by atoms with E-state index in [1.54, 1.807) is 0 Å². The lowest BCUT2D eigenvalue weighted by Gasteiger charge is -2.13. The normalized spacial score (nSPS) is 11.8. The molecule has 50 heavy (non-hydrogen) atoms. The lowest BCUT2D eigenvalue weighted by Crippen LogP contribution is -2.02. The first kappa shape index (κ1) is 29.3. The van der Waals surface area contributed by atoms with Crippen LogP contribution in [0.2, 0.25) is 0 Å². The van der Waals surface area contributed by atoms with Crippen LogP contribution in [0.15, 0.2) is 164 Å². The van der Waals surface area contributed by atoms with Crippen molar-refractivity contribution in [2.75, 3.05) is 0 Å². The molecule has 0 N–H and O–H groups in total. The summed E-state index contributed by atoms with van der Waals surface area (Å²) >= 11 is 0. The summed E-state index contributed by atoms with van der Waals surface area (Å²) in [5.41, 5.74) is 9.88. The van der Waals surface area contributed by atoms with E-state index in [0.717, 1.165) is 78.5 Å². The molecule has 0 saturated carbocycles. The smallest absolute Gasteiger partial charge is 0.138 e. The number of rotatable bonds is 4. The van der Waals surface area contributed by atoms with Crippen molar-refractivity contribution in [2.45, 2.75) is 0 Å². The van der Waals surface area contributed by atoms with E-state index in [1.165, 1.54) is 0 Å². The number of nitrogens with zero attached hydrogens (tertiary/aromatic N) is 5. The summed E-state index contributed by atoms with van der Waals surface area (Å²) in [7, 11) is 0. The second-order valence-electron chi connectivity index (χ2n) is 12.2. The zero-order chi connectivity index (χ0) is 33.3. The van der Waals surface area contributed by atoms with E-state index in [0.29, 0.717) is 0 Å². The van der Waals surface area contributed by atoms with Crippen LogP contribution in [0.1, 0.15) is 23.0 Å². The molecule has 5 heteroatoms. The highest BCUT2D eigenvalue weighted by Crippen LogP contribution is 2.34. The number of hydrogen-bond donors (Lipinski definition) is 0. The van der Waals surface area contributed by atoms with Gasteiger partial charge in [-0.2, -0.15) is 0 Å². The molecular formula is C45H31N5. The van der Waals surface area contributed by atoms with Gasteiger partial charge in [-0.1, -0.05) is 109 Å². The minimum atomic E-state index is 0.808. The molecule has 8 bridgehead atoms. The molecule has 0 aliphatic carbocycles. The first-order valence-corrected chi connectivity index (χ1v) is 16.7. The number of pyridine rings is 1. The first-order valence-electron chi connectivity index (χ1n) is 16.7. The Morgan fingerprint density at radius 3 is 1.42 bits per heavy atom. The SMILES string of the molecule is C1=Cc2nc1c(-c1ccccc1)c1cncc(c1)n(-c1ccccc1)c1nc(c(-c3ccccc3)c3cccc(c3)n2-c2ccccc2)C=C1. The second-order valence-corrected chi connectivity index (χ2v) is 12.2. The van der Waals surface area contributed by atoms with Crippen LogP contribution in [0.5, 0.6) is 0 Å². The molecule has 236 valence electrons. The molecule has 7 aromatic rings. The fraction of sp³-hybridized carbons (Fsp3) is 0. The maximum Gasteiger partial charge on any atom is 0.138 e. The monoisotopic (exact) mass is 641 g/mol. The van der Waals surface area contributed by atoms with E-state index < -0.39 is 0 Å². The number of aromatic nitrogens is 5. The van der Waals surface area contributed by atoms with Crippen LogP contribution in [0.25, 0.3) is 79.7 Å². The number of fused-ring (bicyclic) bond motifs is 8. The third-order valence-electron chi connectivity index (χ3n) is 9.04. The maximum atomic E-state index is 5.36. The third kappa shape index (κ3) is 5.37. The Kier molecular flexibility index (Phi) is 7.41. The van der Waals surface area contributed by atoms with Crippen LogP contribution < -0.4 is 0 Å². The fourth-order valence-electron chi connectivity index (χ4n) is 6.83. The topological polar surface area (TPSA) is 48.5 Å². The van der Waals surface area contributed by atoms with Gasteiger partial charge in [0.15, 0.2) is 0 Å². The Morgan fingerprint density at radius 1 is 0.380 bits per heavy atom. The maximum absolute atomic E-state index is 5.36. The zero-order valence-corrected chi connectivity index (χ0v) is 27.1. The third-order valence-corrected chi connectivity index (χ3v) is 9.04. The number of benzene rings is 5. The van der Waals surface area contributed by atoms with Crippen molar-refractivity contribution in [1.82, 2.24) is 24.1 Å². The molecule has 5 aromatic carbocycles. The standard InChI is InChI=1S/C45H31N5/c1-5-14-32(15-6-1)44-34-18-13-23-38(28-34)49(36-19-9-3-10-20-36)42-26-25-41(48-42)45(33-16-7-2-8-17-33)35-29-39(31-46-30-35)50(37-21-11-4-12-22-37)43-27-24-40(44)47-43/h1-31H. The van der Waals surface area contributed by atoms with Gasteiger partial charge in [0.05, 0.1) is 23.1 Å². The predicted molar refractivity (Wildman–Crippen MR) is 206 cm³/mol. The Morgan fingerprint density at radius 2 is 0.860 bits per heavy atom. The van der Waals surface area contributed by atoms with Crippen LogP contribution in [-0.4, -0.2) is 24.1 Å². The summed E-state index contributed by atoms with van der Waals surface area (Å²) in [6.07, 6.45) is 12.3. The van der Waals surface area contributed by atoms with E-state index in [1.807, 2.05) is 36.7 Å². The zero-order valence-electron chi connectivity index (χ0n) is 27.1. The Bertz CT molecular complexity index is 2260. The van der Waals surface area contributed by atoms with Crippen molar-refractivity contribution in [3.8, 4) is 33.6 Å². The minimum absolute atomic E-state index is 0.808. The van der Waals surface area contributed by atoms with Crippen LogP contribution in [0.3, 0.4) is 0 Å². The molecule has 9 rings (SSSR count). The molecule has 0 radical (unpaired) electrons. The van der Waals surface area contributed by atoms with Gasteiger partial charge in [0.25, 0.3) is 0 Å². The molecular weight excluding hydrogens is 611 g/mol. The minimum Gasteiger partial charge on any atom is -0.295 e. The van der Waals surface area contributed by atoms with Gasteiger partial charge in [0.1, 0.15) is 11.6 Å². The van der Waals surface area contributed by atoms with Gasteiger partial charge in [-0.15, -0.1) is 0 Å². The molecule has 0 atom stereocenters. The molecule has 0 spiro atoms. The second kappa shape index (κ2) is 12.6. The van der Waals surface area contributed by atoms with Crippen molar-refractivity contribution < 1.29 is 0 Å². The van der Waals surface area contributed by atoms with E-state index in [4.69, 9.17) is 15.0 Å².